The monoisotopic (exact) mass is 392 g/mol. The maximum atomic E-state index is 13.6. The highest BCUT2D eigenvalue weighted by molar-refractivity contribution is 7.22. The summed E-state index contributed by atoms with van der Waals surface area (Å²) in [5.74, 6) is -5.87. The predicted octanol–water partition coefficient (Wildman–Crippen LogP) is 3.91. The number of nitrogens with one attached hydrogen (secondary N) is 1. The van der Waals surface area contributed by atoms with Gasteiger partial charge in [0.2, 0.25) is 0 Å². The first kappa shape index (κ1) is 18.6. The highest BCUT2D eigenvalue weighted by Crippen LogP contribution is 2.30. The maximum Gasteiger partial charge on any atom is 0.331 e. The second-order valence-electron chi connectivity index (χ2n) is 5.25. The quantitative estimate of drug-likeness (QED) is 0.406. The Labute approximate surface area is 155 Å². The van der Waals surface area contributed by atoms with Gasteiger partial charge < -0.3 is 4.74 Å². The van der Waals surface area contributed by atoms with E-state index in [1.807, 2.05) is 6.07 Å². The molecule has 1 heterocycles. The molecule has 0 bridgehead atoms. The van der Waals surface area contributed by atoms with E-state index in [9.17, 15) is 22.8 Å². The number of carbonyl (C=O) groups is 2. The molecular formula is C18H11F3N2O3S. The number of aromatic nitrogens is 1. The van der Waals surface area contributed by atoms with Crippen LogP contribution in [-0.2, 0) is 14.3 Å². The van der Waals surface area contributed by atoms with Crippen molar-refractivity contribution in [3.63, 3.8) is 0 Å². The molecule has 0 saturated carbocycles. The first-order chi connectivity index (χ1) is 12.9. The van der Waals surface area contributed by atoms with E-state index >= 15 is 0 Å². The lowest BCUT2D eigenvalue weighted by molar-refractivity contribution is -0.142. The number of esters is 1. The predicted molar refractivity (Wildman–Crippen MR) is 94.6 cm³/mol. The van der Waals surface area contributed by atoms with Gasteiger partial charge in [0, 0.05) is 6.08 Å². The maximum absolute atomic E-state index is 13.6. The Balaban J connectivity index is 1.58. The van der Waals surface area contributed by atoms with Crippen molar-refractivity contribution in [2.45, 2.75) is 0 Å². The first-order valence-corrected chi connectivity index (χ1v) is 8.39. The van der Waals surface area contributed by atoms with E-state index in [2.05, 4.69) is 10.3 Å². The molecule has 0 fully saturated rings. The average Bonchev–Trinajstić information content (AvgIpc) is 3.06. The van der Waals surface area contributed by atoms with E-state index < -0.39 is 41.5 Å². The Morgan fingerprint density at radius 2 is 1.89 bits per heavy atom. The number of thiazole rings is 1. The van der Waals surface area contributed by atoms with Crippen LogP contribution in [0, 0.1) is 17.5 Å². The van der Waals surface area contributed by atoms with Crippen molar-refractivity contribution in [3.05, 3.63) is 65.5 Å². The summed E-state index contributed by atoms with van der Waals surface area (Å²) < 4.78 is 44.8. The van der Waals surface area contributed by atoms with Crippen molar-refractivity contribution in [1.29, 1.82) is 0 Å². The molecule has 0 aliphatic rings. The number of anilines is 1. The molecule has 1 N–H and O–H groups in total. The third-order valence-corrected chi connectivity index (χ3v) is 4.24. The molecule has 0 aliphatic carbocycles. The molecule has 0 saturated heterocycles. The number of carbonyl (C=O) groups excluding carboxylic acids is 2. The fraction of sp³-hybridized carbons (Fsp3) is 0.0556. The van der Waals surface area contributed by atoms with Crippen LogP contribution in [0.5, 0.6) is 0 Å². The van der Waals surface area contributed by atoms with Gasteiger partial charge in [-0.1, -0.05) is 41.7 Å². The van der Waals surface area contributed by atoms with Crippen LogP contribution >= 0.6 is 11.3 Å². The fourth-order valence-corrected chi connectivity index (χ4v) is 3.00. The number of ether oxygens (including phenoxy) is 1. The zero-order valence-corrected chi connectivity index (χ0v) is 14.4. The van der Waals surface area contributed by atoms with Gasteiger partial charge in [-0.25, -0.2) is 22.9 Å². The van der Waals surface area contributed by atoms with E-state index in [4.69, 9.17) is 4.74 Å². The highest BCUT2D eigenvalue weighted by Gasteiger charge is 2.18. The number of benzene rings is 2. The summed E-state index contributed by atoms with van der Waals surface area (Å²) in [6.07, 6.45) is 2.70. The largest absolute Gasteiger partial charge is 0.452 e. The van der Waals surface area contributed by atoms with Crippen molar-refractivity contribution >= 4 is 44.6 Å². The number of hydrogen-bond donors (Lipinski definition) is 1. The highest BCUT2D eigenvalue weighted by atomic mass is 32.1. The van der Waals surface area contributed by atoms with Gasteiger partial charge in [0.25, 0.3) is 5.91 Å². The van der Waals surface area contributed by atoms with Crippen LogP contribution in [0.25, 0.3) is 16.3 Å². The topological polar surface area (TPSA) is 68.3 Å². The summed E-state index contributed by atoms with van der Waals surface area (Å²) in [6, 6.07) is 9.79. The molecule has 27 heavy (non-hydrogen) atoms. The number of fused-ring (bicyclic) bond motifs is 1. The Hall–Kier alpha value is -3.20. The van der Waals surface area contributed by atoms with Gasteiger partial charge >= 0.3 is 5.97 Å². The number of hydrogen-bond acceptors (Lipinski definition) is 5. The van der Waals surface area contributed by atoms with Crippen molar-refractivity contribution in [1.82, 2.24) is 4.98 Å². The average molecular weight is 392 g/mol. The molecule has 2 aromatic carbocycles. The Morgan fingerprint density at radius 3 is 2.63 bits per heavy atom. The van der Waals surface area contributed by atoms with Gasteiger partial charge in [0.15, 0.2) is 29.2 Å². The standard InChI is InChI=1S/C18H11F3N2O3S/c19-11-8-12-17(16(21)15(11)20)23-18(27-12)22-13(24)9-26-14(25)7-6-10-4-2-1-3-5-10/h1-8H,9H2,(H,22,23,24). The molecule has 5 nitrogen and oxygen atoms in total. The molecule has 0 aliphatic heterocycles. The molecule has 3 aromatic rings. The smallest absolute Gasteiger partial charge is 0.331 e. The Kier molecular flexibility index (Phi) is 5.51. The lowest BCUT2D eigenvalue weighted by atomic mass is 10.2. The molecule has 0 radical (unpaired) electrons. The number of nitrogens with zero attached hydrogens (tertiary/aromatic N) is 1. The SMILES string of the molecule is O=C(COC(=O)C=Cc1ccccc1)Nc1nc2c(F)c(F)c(F)cc2s1. The van der Waals surface area contributed by atoms with Crippen molar-refractivity contribution in [2.75, 3.05) is 11.9 Å². The van der Waals surface area contributed by atoms with Crippen molar-refractivity contribution in [3.8, 4) is 0 Å². The summed E-state index contributed by atoms with van der Waals surface area (Å²) in [5, 5.41) is 2.21. The van der Waals surface area contributed by atoms with Crippen LogP contribution in [0.2, 0.25) is 0 Å². The van der Waals surface area contributed by atoms with Crippen molar-refractivity contribution in [2.24, 2.45) is 0 Å². The summed E-state index contributed by atoms with van der Waals surface area (Å²) in [4.78, 5) is 27.1. The molecule has 1 aromatic heterocycles. The second kappa shape index (κ2) is 8.00. The van der Waals surface area contributed by atoms with Crippen LogP contribution < -0.4 is 5.32 Å². The van der Waals surface area contributed by atoms with Crippen molar-refractivity contribution < 1.29 is 27.5 Å². The zero-order valence-electron chi connectivity index (χ0n) is 13.5. The number of amides is 1. The number of rotatable bonds is 5. The van der Waals surface area contributed by atoms with Gasteiger partial charge in [-0.2, -0.15) is 0 Å². The Morgan fingerprint density at radius 1 is 1.15 bits per heavy atom. The fourth-order valence-electron chi connectivity index (χ4n) is 2.10. The summed E-state index contributed by atoms with van der Waals surface area (Å²) in [6.45, 7) is -0.598. The molecule has 1 amide bonds. The lowest BCUT2D eigenvalue weighted by Gasteiger charge is -2.01. The minimum Gasteiger partial charge on any atom is -0.452 e. The van der Waals surface area contributed by atoms with Crippen LogP contribution in [-0.4, -0.2) is 23.5 Å². The van der Waals surface area contributed by atoms with Gasteiger partial charge in [0.05, 0.1) is 4.70 Å². The molecule has 138 valence electrons. The zero-order chi connectivity index (χ0) is 19.4. The van der Waals surface area contributed by atoms with E-state index in [0.717, 1.165) is 23.0 Å². The molecule has 0 spiro atoms. The third-order valence-electron chi connectivity index (χ3n) is 3.32. The van der Waals surface area contributed by atoms with E-state index in [1.165, 1.54) is 12.2 Å². The van der Waals surface area contributed by atoms with E-state index in [1.54, 1.807) is 24.3 Å². The molecular weight excluding hydrogens is 381 g/mol. The second-order valence-corrected chi connectivity index (χ2v) is 6.28. The van der Waals surface area contributed by atoms with Gasteiger partial charge in [0.1, 0.15) is 5.52 Å². The van der Waals surface area contributed by atoms with E-state index in [-0.39, 0.29) is 9.83 Å². The van der Waals surface area contributed by atoms with Gasteiger partial charge in [-0.15, -0.1) is 0 Å². The lowest BCUT2D eigenvalue weighted by Crippen LogP contribution is -2.20. The minimum atomic E-state index is -1.63. The third kappa shape index (κ3) is 4.50. The van der Waals surface area contributed by atoms with Crippen LogP contribution in [0.15, 0.2) is 42.5 Å². The molecule has 0 atom stereocenters. The summed E-state index contributed by atoms with van der Waals surface area (Å²) in [7, 11) is 0. The van der Waals surface area contributed by atoms with E-state index in [0.29, 0.717) is 0 Å². The molecule has 9 heteroatoms. The van der Waals surface area contributed by atoms with Crippen LogP contribution in [0.3, 0.4) is 0 Å². The summed E-state index contributed by atoms with van der Waals surface area (Å²) in [5.41, 5.74) is 0.395. The molecule has 0 unspecified atom stereocenters. The van der Waals surface area contributed by atoms with Crippen LogP contribution in [0.4, 0.5) is 18.3 Å². The Bertz CT molecular complexity index is 1040. The molecule has 3 rings (SSSR count). The minimum absolute atomic E-state index is 0.0319. The first-order valence-electron chi connectivity index (χ1n) is 7.58. The van der Waals surface area contributed by atoms with Gasteiger partial charge in [-0.05, 0) is 17.7 Å². The summed E-state index contributed by atoms with van der Waals surface area (Å²) >= 11 is 0.760. The van der Waals surface area contributed by atoms with Crippen LogP contribution in [0.1, 0.15) is 5.56 Å². The number of halogens is 3. The van der Waals surface area contributed by atoms with Gasteiger partial charge in [-0.3, -0.25) is 10.1 Å². The normalized spacial score (nSPS) is 11.1.